The number of aliphatic imine (C=N–C) groups is 1. The molecule has 0 aromatic carbocycles. The fourth-order valence-electron chi connectivity index (χ4n) is 3.61. The van der Waals surface area contributed by atoms with Gasteiger partial charge in [-0.2, -0.15) is 13.2 Å². The quantitative estimate of drug-likeness (QED) is 0.516. The molecule has 9 heteroatoms. The van der Waals surface area contributed by atoms with Gasteiger partial charge in [-0.15, -0.1) is 0 Å². The zero-order chi connectivity index (χ0) is 20.6. The van der Waals surface area contributed by atoms with E-state index < -0.39 is 12.7 Å². The van der Waals surface area contributed by atoms with Crippen molar-refractivity contribution < 1.29 is 17.7 Å². The van der Waals surface area contributed by atoms with Gasteiger partial charge in [0, 0.05) is 32.1 Å². The van der Waals surface area contributed by atoms with Crippen LogP contribution in [0.1, 0.15) is 50.1 Å². The maximum atomic E-state index is 12.5. The van der Waals surface area contributed by atoms with Gasteiger partial charge in [0.15, 0.2) is 5.96 Å². The van der Waals surface area contributed by atoms with E-state index in [1.165, 1.54) is 4.90 Å². The summed E-state index contributed by atoms with van der Waals surface area (Å²) >= 11 is 0. The second-order valence-corrected chi connectivity index (χ2v) is 7.21. The van der Waals surface area contributed by atoms with Crippen LogP contribution in [0, 0.1) is 5.92 Å². The first-order valence-electron chi connectivity index (χ1n) is 10.1. The molecule has 0 radical (unpaired) electrons. The summed E-state index contributed by atoms with van der Waals surface area (Å²) < 4.78 is 42.7. The second kappa shape index (κ2) is 10.7. The number of nitrogens with zero attached hydrogens (tertiary/aromatic N) is 3. The summed E-state index contributed by atoms with van der Waals surface area (Å²) in [4.78, 5) is 5.74. The molecule has 1 saturated heterocycles. The number of hydrogen-bond acceptors (Lipinski definition) is 4. The molecule has 1 aromatic heterocycles. The first-order valence-corrected chi connectivity index (χ1v) is 10.1. The highest BCUT2D eigenvalue weighted by Crippen LogP contribution is 2.24. The van der Waals surface area contributed by atoms with Crippen LogP contribution < -0.4 is 10.6 Å². The third-order valence-corrected chi connectivity index (χ3v) is 5.22. The van der Waals surface area contributed by atoms with Crippen LogP contribution in [0.2, 0.25) is 0 Å². The lowest BCUT2D eigenvalue weighted by Crippen LogP contribution is -2.41. The number of nitrogens with one attached hydrogen (secondary N) is 2. The summed E-state index contributed by atoms with van der Waals surface area (Å²) in [5.41, 5.74) is 2.05. The molecule has 0 amide bonds. The van der Waals surface area contributed by atoms with Gasteiger partial charge < -0.3 is 15.2 Å². The van der Waals surface area contributed by atoms with E-state index in [0.29, 0.717) is 31.5 Å². The fourth-order valence-corrected chi connectivity index (χ4v) is 3.61. The highest BCUT2D eigenvalue weighted by Gasteiger charge is 2.32. The van der Waals surface area contributed by atoms with Gasteiger partial charge in [0.25, 0.3) is 0 Å². The average Bonchev–Trinajstić information content (AvgIpc) is 3.06. The van der Waals surface area contributed by atoms with Gasteiger partial charge in [-0.3, -0.25) is 9.89 Å². The molecule has 1 fully saturated rings. The molecule has 0 bridgehead atoms. The van der Waals surface area contributed by atoms with Gasteiger partial charge in [0.1, 0.15) is 5.76 Å². The largest absolute Gasteiger partial charge is 0.401 e. The minimum Gasteiger partial charge on any atom is -0.361 e. The van der Waals surface area contributed by atoms with Crippen LogP contribution in [0.25, 0.3) is 0 Å². The summed E-state index contributed by atoms with van der Waals surface area (Å²) in [5, 5.41) is 10.7. The summed E-state index contributed by atoms with van der Waals surface area (Å²) in [6.07, 6.45) is 0.0532. The fraction of sp³-hybridized carbons (Fsp3) is 0.789. The summed E-state index contributed by atoms with van der Waals surface area (Å²) in [7, 11) is 1.72. The van der Waals surface area contributed by atoms with E-state index in [1.54, 1.807) is 7.05 Å². The zero-order valence-electron chi connectivity index (χ0n) is 17.0. The Morgan fingerprint density at radius 1 is 1.21 bits per heavy atom. The number of aryl methyl sites for hydroxylation is 2. The standard InChI is InChI=1S/C19H32F3N5O/c1-4-16-15(17(5-2)28-26-16)12-25-18(23-3)24-9-6-14-7-10-27(11-8-14)13-19(20,21)22/h14H,4-13H2,1-3H3,(H2,23,24,25). The van der Waals surface area contributed by atoms with E-state index in [4.69, 9.17) is 4.52 Å². The molecular weight excluding hydrogens is 371 g/mol. The predicted octanol–water partition coefficient (Wildman–Crippen LogP) is 3.13. The Morgan fingerprint density at radius 3 is 2.50 bits per heavy atom. The molecule has 2 rings (SSSR count). The molecule has 0 unspecified atom stereocenters. The van der Waals surface area contributed by atoms with Crippen LogP contribution in [0.4, 0.5) is 13.2 Å². The molecule has 1 aliphatic rings. The number of piperidine rings is 1. The first kappa shape index (κ1) is 22.5. The van der Waals surface area contributed by atoms with Crippen LogP contribution >= 0.6 is 0 Å². The van der Waals surface area contributed by atoms with Gasteiger partial charge in [0.05, 0.1) is 12.2 Å². The number of likely N-dealkylation sites (tertiary alicyclic amines) is 1. The summed E-state index contributed by atoms with van der Waals surface area (Å²) in [6, 6.07) is 0. The van der Waals surface area contributed by atoms with E-state index >= 15 is 0 Å². The highest BCUT2D eigenvalue weighted by molar-refractivity contribution is 5.79. The van der Waals surface area contributed by atoms with Crippen molar-refractivity contribution in [1.82, 2.24) is 20.7 Å². The molecule has 2 heterocycles. The highest BCUT2D eigenvalue weighted by atomic mass is 19.4. The van der Waals surface area contributed by atoms with Crippen molar-refractivity contribution in [3.05, 3.63) is 17.0 Å². The van der Waals surface area contributed by atoms with Crippen molar-refractivity contribution in [3.63, 3.8) is 0 Å². The molecule has 0 spiro atoms. The maximum absolute atomic E-state index is 12.5. The minimum absolute atomic E-state index is 0.451. The number of hydrogen-bond donors (Lipinski definition) is 2. The normalized spacial score (nSPS) is 17.1. The summed E-state index contributed by atoms with van der Waals surface area (Å²) in [6.45, 7) is 5.68. The Bertz CT molecular complexity index is 600. The lowest BCUT2D eigenvalue weighted by atomic mass is 9.93. The van der Waals surface area contributed by atoms with E-state index in [1.807, 2.05) is 13.8 Å². The van der Waals surface area contributed by atoms with E-state index in [2.05, 4.69) is 20.8 Å². The van der Waals surface area contributed by atoms with Gasteiger partial charge in [-0.1, -0.05) is 19.0 Å². The van der Waals surface area contributed by atoms with Crippen molar-refractivity contribution in [2.24, 2.45) is 10.9 Å². The number of rotatable bonds is 8. The molecule has 6 nitrogen and oxygen atoms in total. The van der Waals surface area contributed by atoms with Gasteiger partial charge in [-0.25, -0.2) is 0 Å². The molecule has 1 aromatic rings. The predicted molar refractivity (Wildman–Crippen MR) is 103 cm³/mol. The van der Waals surface area contributed by atoms with Crippen molar-refractivity contribution >= 4 is 5.96 Å². The molecule has 1 aliphatic heterocycles. The van der Waals surface area contributed by atoms with E-state index in [9.17, 15) is 13.2 Å². The van der Waals surface area contributed by atoms with Gasteiger partial charge in [0.2, 0.25) is 0 Å². The Balaban J connectivity index is 1.70. The Morgan fingerprint density at radius 2 is 1.93 bits per heavy atom. The van der Waals surface area contributed by atoms with Crippen LogP contribution in [-0.4, -0.2) is 55.4 Å². The first-order chi connectivity index (χ1) is 13.4. The van der Waals surface area contributed by atoms with Crippen LogP contribution in [0.15, 0.2) is 9.52 Å². The SMILES string of the molecule is CCc1noc(CC)c1CNC(=NC)NCCC1CCN(CC(F)(F)F)CC1. The third kappa shape index (κ3) is 7.00. The number of halogens is 3. The van der Waals surface area contributed by atoms with Crippen molar-refractivity contribution in [3.8, 4) is 0 Å². The number of alkyl halides is 3. The van der Waals surface area contributed by atoms with Crippen molar-refractivity contribution in [1.29, 1.82) is 0 Å². The van der Waals surface area contributed by atoms with Gasteiger partial charge >= 0.3 is 6.18 Å². The molecule has 2 N–H and O–H groups in total. The van der Waals surface area contributed by atoms with Gasteiger partial charge in [-0.05, 0) is 44.7 Å². The molecular formula is C19H32F3N5O. The maximum Gasteiger partial charge on any atom is 0.401 e. The molecule has 0 saturated carbocycles. The van der Waals surface area contributed by atoms with E-state index in [-0.39, 0.29) is 0 Å². The lowest BCUT2D eigenvalue weighted by molar-refractivity contribution is -0.148. The third-order valence-electron chi connectivity index (χ3n) is 5.22. The van der Waals surface area contributed by atoms with E-state index in [0.717, 1.165) is 55.7 Å². The smallest absolute Gasteiger partial charge is 0.361 e. The Hall–Kier alpha value is -1.77. The van der Waals surface area contributed by atoms with Crippen LogP contribution in [-0.2, 0) is 19.4 Å². The second-order valence-electron chi connectivity index (χ2n) is 7.21. The van der Waals surface area contributed by atoms with Crippen molar-refractivity contribution in [2.75, 3.05) is 33.2 Å². The molecule has 160 valence electrons. The minimum atomic E-state index is -4.10. The Labute approximate surface area is 164 Å². The molecule has 0 aliphatic carbocycles. The Kier molecular flexibility index (Phi) is 8.59. The molecule has 28 heavy (non-hydrogen) atoms. The zero-order valence-corrected chi connectivity index (χ0v) is 17.0. The number of aromatic nitrogens is 1. The van der Waals surface area contributed by atoms with Crippen molar-refractivity contribution in [2.45, 2.75) is 58.7 Å². The number of guanidine groups is 1. The molecule has 0 atom stereocenters. The summed E-state index contributed by atoms with van der Waals surface area (Å²) in [5.74, 6) is 2.05. The van der Waals surface area contributed by atoms with Crippen LogP contribution in [0.3, 0.4) is 0 Å². The lowest BCUT2D eigenvalue weighted by Gasteiger charge is -2.32. The van der Waals surface area contributed by atoms with Crippen LogP contribution in [0.5, 0.6) is 0 Å². The average molecular weight is 403 g/mol. The monoisotopic (exact) mass is 403 g/mol. The topological polar surface area (TPSA) is 65.7 Å².